The summed E-state index contributed by atoms with van der Waals surface area (Å²) < 4.78 is 1.52. The Morgan fingerprint density at radius 1 is 1.18 bits per heavy atom. The lowest BCUT2D eigenvalue weighted by atomic mass is 9.97. The normalized spacial score (nSPS) is 21.5. The predicted molar refractivity (Wildman–Crippen MR) is 123 cm³/mol. The number of fused-ring (bicyclic) bond motifs is 3. The molecule has 1 aliphatic carbocycles. The zero-order chi connectivity index (χ0) is 23.3. The van der Waals surface area contributed by atoms with Gasteiger partial charge in [0, 0.05) is 11.4 Å². The Hall–Kier alpha value is -3.46. The van der Waals surface area contributed by atoms with Crippen molar-refractivity contribution in [2.24, 2.45) is 11.7 Å². The Bertz CT molecular complexity index is 1290. The van der Waals surface area contributed by atoms with Crippen LogP contribution in [0.4, 0.5) is 5.82 Å². The van der Waals surface area contributed by atoms with Crippen molar-refractivity contribution in [3.8, 4) is 0 Å². The summed E-state index contributed by atoms with van der Waals surface area (Å²) >= 11 is 5.94. The number of para-hydroxylation sites is 1. The van der Waals surface area contributed by atoms with E-state index in [2.05, 4.69) is 15.4 Å². The highest BCUT2D eigenvalue weighted by molar-refractivity contribution is 6.29. The number of amides is 3. The fraction of sp³-hybridized carbons (Fsp3) is 0.348. The number of piperidine rings is 1. The molecule has 3 heterocycles. The summed E-state index contributed by atoms with van der Waals surface area (Å²) in [5.74, 6) is -0.698. The van der Waals surface area contributed by atoms with Gasteiger partial charge in [-0.3, -0.25) is 19.1 Å². The van der Waals surface area contributed by atoms with Crippen LogP contribution in [0.1, 0.15) is 35.3 Å². The quantitative estimate of drug-likeness (QED) is 0.559. The SMILES string of the molecule is Cc1cccc2c(C(N)=O)nn(CC(=O)N3[C@@H]4CC[C@@H](C4)[C@H]3C(=O)Nc3cccc(Cl)n3)c12. The number of likely N-dealkylation sites (tertiary alicyclic amines) is 1. The standard InChI is InChI=1S/C23H23ClN6O3/c1-12-4-2-5-15-19(22(25)32)28-29(20(12)15)11-18(31)30-14-9-8-13(10-14)21(30)23(33)27-17-7-3-6-16(24)26-17/h2-7,13-14,21H,8-11H2,1H3,(H2,25,32)(H,26,27,33)/t13-,14+,21-/m0/s1. The van der Waals surface area contributed by atoms with Gasteiger partial charge in [0.2, 0.25) is 11.8 Å². The maximum atomic E-state index is 13.5. The van der Waals surface area contributed by atoms with Gasteiger partial charge in [-0.1, -0.05) is 35.9 Å². The fourth-order valence-electron chi connectivity index (χ4n) is 5.29. The van der Waals surface area contributed by atoms with Crippen LogP contribution in [0.15, 0.2) is 36.4 Å². The van der Waals surface area contributed by atoms with E-state index in [0.717, 1.165) is 24.8 Å². The second-order valence-electron chi connectivity index (χ2n) is 8.65. The minimum Gasteiger partial charge on any atom is -0.364 e. The Morgan fingerprint density at radius 3 is 2.73 bits per heavy atom. The van der Waals surface area contributed by atoms with Crippen LogP contribution in [0.2, 0.25) is 5.15 Å². The van der Waals surface area contributed by atoms with Gasteiger partial charge in [0.05, 0.1) is 5.52 Å². The Labute approximate surface area is 194 Å². The van der Waals surface area contributed by atoms with Gasteiger partial charge in [0.1, 0.15) is 23.6 Å². The molecule has 33 heavy (non-hydrogen) atoms. The van der Waals surface area contributed by atoms with Crippen molar-refractivity contribution in [1.82, 2.24) is 19.7 Å². The van der Waals surface area contributed by atoms with Crippen molar-refractivity contribution < 1.29 is 14.4 Å². The number of halogens is 1. The summed E-state index contributed by atoms with van der Waals surface area (Å²) in [6, 6.07) is 9.89. The molecule has 0 spiro atoms. The summed E-state index contributed by atoms with van der Waals surface area (Å²) in [7, 11) is 0. The third-order valence-corrected chi connectivity index (χ3v) is 6.81. The van der Waals surface area contributed by atoms with Crippen LogP contribution < -0.4 is 11.1 Å². The van der Waals surface area contributed by atoms with Crippen molar-refractivity contribution in [2.75, 3.05) is 5.32 Å². The van der Waals surface area contributed by atoms with Crippen LogP contribution in [-0.2, 0) is 16.1 Å². The van der Waals surface area contributed by atoms with Crippen molar-refractivity contribution in [3.63, 3.8) is 0 Å². The third-order valence-electron chi connectivity index (χ3n) is 6.60. The van der Waals surface area contributed by atoms with Crippen molar-refractivity contribution in [1.29, 1.82) is 0 Å². The van der Waals surface area contributed by atoms with Crippen LogP contribution >= 0.6 is 11.6 Å². The van der Waals surface area contributed by atoms with E-state index in [-0.39, 0.29) is 41.2 Å². The molecule has 3 atom stereocenters. The monoisotopic (exact) mass is 466 g/mol. The lowest BCUT2D eigenvalue weighted by molar-refractivity contribution is -0.141. The first-order valence-electron chi connectivity index (χ1n) is 10.8. The van der Waals surface area contributed by atoms with E-state index in [1.54, 1.807) is 29.2 Å². The number of nitrogens with one attached hydrogen (secondary N) is 1. The van der Waals surface area contributed by atoms with E-state index in [4.69, 9.17) is 17.3 Å². The number of hydrogen-bond acceptors (Lipinski definition) is 5. The molecule has 2 fully saturated rings. The van der Waals surface area contributed by atoms with Crippen molar-refractivity contribution >= 4 is 46.0 Å². The van der Waals surface area contributed by atoms with Crippen LogP contribution in [-0.4, -0.2) is 49.5 Å². The van der Waals surface area contributed by atoms with E-state index in [9.17, 15) is 14.4 Å². The number of aromatic nitrogens is 3. The number of pyridine rings is 1. The molecule has 3 aromatic rings. The Morgan fingerprint density at radius 2 is 1.97 bits per heavy atom. The lowest BCUT2D eigenvalue weighted by Crippen LogP contribution is -2.52. The molecule has 3 N–H and O–H groups in total. The first kappa shape index (κ1) is 21.4. The van der Waals surface area contributed by atoms with Crippen LogP contribution in [0.5, 0.6) is 0 Å². The molecule has 9 nitrogen and oxygen atoms in total. The maximum absolute atomic E-state index is 13.5. The molecule has 1 aromatic carbocycles. The summed E-state index contributed by atoms with van der Waals surface area (Å²) in [5, 5.41) is 8.03. The molecule has 2 bridgehead atoms. The van der Waals surface area contributed by atoms with Gasteiger partial charge < -0.3 is 16.0 Å². The molecule has 5 rings (SSSR count). The number of carbonyl (C=O) groups is 3. The highest BCUT2D eigenvalue weighted by atomic mass is 35.5. The van der Waals surface area contributed by atoms with Gasteiger partial charge in [-0.05, 0) is 49.8 Å². The van der Waals surface area contributed by atoms with E-state index in [0.29, 0.717) is 16.7 Å². The molecule has 1 aliphatic heterocycles. The number of rotatable bonds is 5. The van der Waals surface area contributed by atoms with E-state index >= 15 is 0 Å². The molecule has 1 saturated heterocycles. The molecule has 1 saturated carbocycles. The predicted octanol–water partition coefficient (Wildman–Crippen LogP) is 2.51. The van der Waals surface area contributed by atoms with E-state index < -0.39 is 11.9 Å². The van der Waals surface area contributed by atoms with E-state index in [1.165, 1.54) is 4.68 Å². The molecule has 170 valence electrons. The average molecular weight is 467 g/mol. The molecule has 0 radical (unpaired) electrons. The van der Waals surface area contributed by atoms with Gasteiger partial charge >= 0.3 is 0 Å². The van der Waals surface area contributed by atoms with Gasteiger partial charge in [0.25, 0.3) is 5.91 Å². The van der Waals surface area contributed by atoms with Crippen molar-refractivity contribution in [3.05, 3.63) is 52.8 Å². The number of aryl methyl sites for hydroxylation is 1. The van der Waals surface area contributed by atoms with Crippen LogP contribution in [0.3, 0.4) is 0 Å². The molecular formula is C23H23ClN6O3. The van der Waals surface area contributed by atoms with Gasteiger partial charge in [-0.15, -0.1) is 0 Å². The van der Waals surface area contributed by atoms with E-state index in [1.807, 2.05) is 19.1 Å². The number of nitrogens with zero attached hydrogens (tertiary/aromatic N) is 4. The number of benzene rings is 1. The zero-order valence-corrected chi connectivity index (χ0v) is 18.7. The summed E-state index contributed by atoms with van der Waals surface area (Å²) in [4.78, 5) is 44.4. The van der Waals surface area contributed by atoms with Gasteiger partial charge in [-0.25, -0.2) is 4.98 Å². The second kappa shape index (κ2) is 8.15. The third kappa shape index (κ3) is 3.72. The Balaban J connectivity index is 1.43. The van der Waals surface area contributed by atoms with Gasteiger partial charge in [-0.2, -0.15) is 5.10 Å². The largest absolute Gasteiger partial charge is 0.364 e. The summed E-state index contributed by atoms with van der Waals surface area (Å²) in [5.41, 5.74) is 7.21. The minimum absolute atomic E-state index is 0.00380. The van der Waals surface area contributed by atoms with Crippen molar-refractivity contribution in [2.45, 2.75) is 44.8 Å². The maximum Gasteiger partial charge on any atom is 0.269 e. The van der Waals surface area contributed by atoms with Gasteiger partial charge in [0.15, 0.2) is 5.69 Å². The molecule has 0 unspecified atom stereocenters. The minimum atomic E-state index is -0.650. The number of anilines is 1. The second-order valence-corrected chi connectivity index (χ2v) is 9.04. The molecule has 10 heteroatoms. The first-order valence-corrected chi connectivity index (χ1v) is 11.2. The Kier molecular flexibility index (Phi) is 5.28. The number of nitrogens with two attached hydrogens (primary N) is 1. The lowest BCUT2D eigenvalue weighted by Gasteiger charge is -2.34. The fourth-order valence-corrected chi connectivity index (χ4v) is 5.45. The smallest absolute Gasteiger partial charge is 0.269 e. The van der Waals surface area contributed by atoms with Crippen LogP contribution in [0, 0.1) is 12.8 Å². The average Bonchev–Trinajstić information content (AvgIpc) is 3.47. The zero-order valence-electron chi connectivity index (χ0n) is 18.0. The molecule has 2 aliphatic rings. The first-order chi connectivity index (χ1) is 15.8. The highest BCUT2D eigenvalue weighted by Gasteiger charge is 2.51. The molecular weight excluding hydrogens is 444 g/mol. The topological polar surface area (TPSA) is 123 Å². The van der Waals surface area contributed by atoms with Crippen LogP contribution in [0.25, 0.3) is 10.9 Å². The number of primary amides is 1. The number of carbonyl (C=O) groups excluding carboxylic acids is 3. The molecule has 2 aromatic heterocycles. The summed E-state index contributed by atoms with van der Waals surface area (Å²) in [6.45, 7) is 1.80. The summed E-state index contributed by atoms with van der Waals surface area (Å²) in [6.07, 6.45) is 2.55. The number of hydrogen-bond donors (Lipinski definition) is 2. The molecule has 3 amide bonds. The highest BCUT2D eigenvalue weighted by Crippen LogP contribution is 2.43.